The van der Waals surface area contributed by atoms with Crippen molar-refractivity contribution in [2.45, 2.75) is 139 Å². The van der Waals surface area contributed by atoms with Gasteiger partial charge in [-0.25, -0.2) is 0 Å². The summed E-state index contributed by atoms with van der Waals surface area (Å²) in [6.07, 6.45) is 4.95. The van der Waals surface area contributed by atoms with E-state index in [4.69, 9.17) is 0 Å². The molecule has 0 saturated carbocycles. The third-order valence-electron chi connectivity index (χ3n) is 5.21. The van der Waals surface area contributed by atoms with Crippen molar-refractivity contribution >= 4 is 27.5 Å². The Morgan fingerprint density at radius 3 is 1.27 bits per heavy atom. The number of para-hydroxylation sites is 3. The Kier molecular flexibility index (Phi) is 74.7. The number of fused-ring (bicyclic) bond motifs is 3. The molecule has 0 unspecified atom stereocenters. The third-order valence-corrected chi connectivity index (χ3v) is 5.21. The van der Waals surface area contributed by atoms with Crippen molar-refractivity contribution in [2.75, 3.05) is 11.9 Å². The smallest absolute Gasteiger partial charge is 0.0650 e. The molecular weight excluding hydrogens is 633 g/mol. The van der Waals surface area contributed by atoms with E-state index in [0.29, 0.717) is 0 Å². The molecule has 300 valence electrons. The predicted molar refractivity (Wildman–Crippen MR) is 250 cm³/mol. The zero-order chi connectivity index (χ0) is 38.6. The zero-order valence-electron chi connectivity index (χ0n) is 34.5. The molecule has 0 fully saturated rings. The summed E-state index contributed by atoms with van der Waals surface area (Å²) in [6, 6.07) is 38.8. The van der Waals surface area contributed by atoms with Crippen LogP contribution < -0.4 is 5.32 Å². The van der Waals surface area contributed by atoms with E-state index < -0.39 is 0 Å². The highest BCUT2D eigenvalue weighted by Crippen LogP contribution is 2.20. The Morgan fingerprint density at radius 1 is 0.423 bits per heavy atom. The van der Waals surface area contributed by atoms with Gasteiger partial charge < -0.3 is 10.3 Å². The monoisotopic (exact) mass is 721 g/mol. The van der Waals surface area contributed by atoms with E-state index in [9.17, 15) is 0 Å². The Balaban J connectivity index is -0.0000000725. The molecule has 3 heterocycles. The summed E-state index contributed by atoms with van der Waals surface area (Å²) in [6.45, 7) is 33.1. The van der Waals surface area contributed by atoms with Gasteiger partial charge in [0.2, 0.25) is 0 Å². The molecule has 0 aliphatic carbocycles. The Hall–Kier alpha value is -4.31. The average molecular weight is 721 g/mol. The standard InChI is InChI=1S/C8H9N.C8H7N.C7H6N2.C6H6.8C2H6.3CH4/c2*1-2-4-8-7(3-1)5-6-9-8;1-2-4-7-6(3-1)5-8-9-7;1-2-4-6-5-3-1;8*1-2;;;/h1-4,9H,5-6H2;1-6,9H;1-5H,(H,8,9);1-6H;8*1-2H3;3*1H4. The van der Waals surface area contributed by atoms with E-state index in [-0.39, 0.29) is 22.3 Å². The number of rotatable bonds is 0. The first-order chi connectivity index (χ1) is 24.4. The molecule has 1 aliphatic rings. The van der Waals surface area contributed by atoms with Crippen molar-refractivity contribution in [3.05, 3.63) is 133 Å². The third kappa shape index (κ3) is 32.9. The van der Waals surface area contributed by atoms with Gasteiger partial charge in [-0.15, -0.1) is 0 Å². The SMILES string of the molecule is C.C.C.CC.CC.CC.CC.CC.CC.CC.CC.c1ccc2[nH]ccc2c1.c1ccc2[nH]ncc2c1.c1ccc2c(c1)CCN2.c1ccccc1. The van der Waals surface area contributed by atoms with Crippen LogP contribution in [0.5, 0.6) is 0 Å². The summed E-state index contributed by atoms with van der Waals surface area (Å²) in [7, 11) is 0. The Labute approximate surface area is 326 Å². The largest absolute Gasteiger partial charge is 0.384 e. The fraction of sp³-hybridized carbons (Fsp3) is 0.438. The number of hydrogen-bond acceptors (Lipinski definition) is 2. The number of anilines is 1. The van der Waals surface area contributed by atoms with E-state index in [0.717, 1.165) is 17.4 Å². The molecule has 0 saturated heterocycles. The van der Waals surface area contributed by atoms with Crippen LogP contribution in [0.15, 0.2) is 128 Å². The second-order valence-corrected chi connectivity index (χ2v) is 7.51. The molecule has 0 bridgehead atoms. The van der Waals surface area contributed by atoms with Crippen LogP contribution in [0.25, 0.3) is 21.8 Å². The molecule has 1 aliphatic heterocycles. The first-order valence-corrected chi connectivity index (χ1v) is 19.1. The van der Waals surface area contributed by atoms with Crippen molar-refractivity contribution in [1.82, 2.24) is 15.2 Å². The van der Waals surface area contributed by atoms with Crippen molar-refractivity contribution in [2.24, 2.45) is 0 Å². The number of aromatic nitrogens is 3. The molecule has 52 heavy (non-hydrogen) atoms. The summed E-state index contributed by atoms with van der Waals surface area (Å²) in [5.41, 5.74) is 5.07. The minimum atomic E-state index is 0. The molecule has 0 atom stereocenters. The maximum atomic E-state index is 3.88. The van der Waals surface area contributed by atoms with Crippen molar-refractivity contribution in [1.29, 1.82) is 0 Å². The van der Waals surface area contributed by atoms with Crippen LogP contribution in [0.3, 0.4) is 0 Å². The fourth-order valence-corrected chi connectivity index (χ4v) is 3.51. The first kappa shape index (κ1) is 66.0. The lowest BCUT2D eigenvalue weighted by molar-refractivity contribution is 1.11. The topological polar surface area (TPSA) is 56.5 Å². The van der Waals surface area contributed by atoms with Crippen LogP contribution in [-0.2, 0) is 6.42 Å². The minimum Gasteiger partial charge on any atom is -0.384 e. The number of aromatic amines is 2. The van der Waals surface area contributed by atoms with Gasteiger partial charge in [0.1, 0.15) is 0 Å². The van der Waals surface area contributed by atoms with E-state index in [2.05, 4.69) is 63.0 Å². The molecule has 0 radical (unpaired) electrons. The maximum absolute atomic E-state index is 3.88. The lowest BCUT2D eigenvalue weighted by Crippen LogP contribution is -1.90. The van der Waals surface area contributed by atoms with Gasteiger partial charge in [-0.05, 0) is 41.6 Å². The van der Waals surface area contributed by atoms with Crippen LogP contribution in [0.4, 0.5) is 5.69 Å². The molecule has 4 heteroatoms. The Bertz CT molecular complexity index is 1180. The van der Waals surface area contributed by atoms with Crippen LogP contribution in [0.2, 0.25) is 0 Å². The lowest BCUT2D eigenvalue weighted by atomic mass is 10.2. The lowest BCUT2D eigenvalue weighted by Gasteiger charge is -1.94. The Morgan fingerprint density at radius 2 is 0.827 bits per heavy atom. The van der Waals surface area contributed by atoms with E-state index in [1.165, 1.54) is 28.6 Å². The summed E-state index contributed by atoms with van der Waals surface area (Å²) in [5.74, 6) is 0. The predicted octanol–water partition coefficient (Wildman–Crippen LogP) is 17.2. The van der Waals surface area contributed by atoms with Gasteiger partial charge in [-0.2, -0.15) is 5.10 Å². The number of hydrogen-bond donors (Lipinski definition) is 3. The van der Waals surface area contributed by atoms with E-state index in [1.807, 2.05) is 196 Å². The molecule has 4 nitrogen and oxygen atoms in total. The van der Waals surface area contributed by atoms with Crippen LogP contribution >= 0.6 is 0 Å². The van der Waals surface area contributed by atoms with Gasteiger partial charge in [0.15, 0.2) is 0 Å². The highest BCUT2D eigenvalue weighted by Gasteiger charge is 2.05. The number of benzene rings is 4. The second-order valence-electron chi connectivity index (χ2n) is 7.51. The highest BCUT2D eigenvalue weighted by molar-refractivity contribution is 5.79. The summed E-state index contributed by atoms with van der Waals surface area (Å²) < 4.78 is 0. The molecule has 6 aromatic rings. The van der Waals surface area contributed by atoms with E-state index >= 15 is 0 Å². The normalized spacial score (nSPS) is 7.92. The van der Waals surface area contributed by atoms with E-state index in [1.54, 1.807) is 0 Å². The highest BCUT2D eigenvalue weighted by atomic mass is 15.1. The van der Waals surface area contributed by atoms with Crippen LogP contribution in [0.1, 0.15) is 139 Å². The number of nitrogens with one attached hydrogen (secondary N) is 3. The van der Waals surface area contributed by atoms with Gasteiger partial charge in [-0.1, -0.05) is 224 Å². The average Bonchev–Trinajstić information content (AvgIpc) is 4.04. The number of nitrogens with zero attached hydrogens (tertiary/aromatic N) is 1. The van der Waals surface area contributed by atoms with Gasteiger partial charge in [0.05, 0.1) is 11.7 Å². The molecule has 3 N–H and O–H groups in total. The second kappa shape index (κ2) is 58.9. The molecule has 7 rings (SSSR count). The molecular formula is C48H88N4. The molecule has 0 amide bonds. The zero-order valence-corrected chi connectivity index (χ0v) is 34.5. The molecule has 2 aromatic heterocycles. The van der Waals surface area contributed by atoms with Crippen molar-refractivity contribution in [3.8, 4) is 0 Å². The van der Waals surface area contributed by atoms with Gasteiger partial charge in [0, 0.05) is 29.3 Å². The first-order valence-electron chi connectivity index (χ1n) is 19.1. The van der Waals surface area contributed by atoms with Gasteiger partial charge in [0.25, 0.3) is 0 Å². The molecule has 0 spiro atoms. The fourth-order valence-electron chi connectivity index (χ4n) is 3.51. The molecule has 4 aromatic carbocycles. The van der Waals surface area contributed by atoms with Gasteiger partial charge >= 0.3 is 0 Å². The van der Waals surface area contributed by atoms with Crippen LogP contribution in [0, 0.1) is 0 Å². The summed E-state index contributed by atoms with van der Waals surface area (Å²) >= 11 is 0. The maximum Gasteiger partial charge on any atom is 0.0650 e. The van der Waals surface area contributed by atoms with Crippen molar-refractivity contribution in [3.63, 3.8) is 0 Å². The number of H-pyrrole nitrogens is 2. The van der Waals surface area contributed by atoms with Gasteiger partial charge in [-0.3, -0.25) is 5.10 Å². The summed E-state index contributed by atoms with van der Waals surface area (Å²) in [5, 5.41) is 12.5. The minimum absolute atomic E-state index is 0. The van der Waals surface area contributed by atoms with Crippen molar-refractivity contribution < 1.29 is 0 Å². The van der Waals surface area contributed by atoms with Crippen LogP contribution in [-0.4, -0.2) is 21.7 Å². The summed E-state index contributed by atoms with van der Waals surface area (Å²) in [4.78, 5) is 3.12. The quantitative estimate of drug-likeness (QED) is 0.146.